The quantitative estimate of drug-likeness (QED) is 0.750. The number of hydrogen-bond donors (Lipinski definition) is 1. The number of rotatable bonds is 6. The van der Waals surface area contributed by atoms with Gasteiger partial charge in [-0.2, -0.15) is 5.10 Å². The van der Waals surface area contributed by atoms with Crippen molar-refractivity contribution in [2.45, 2.75) is 5.75 Å². The van der Waals surface area contributed by atoms with Gasteiger partial charge in [-0.3, -0.25) is 9.00 Å². The smallest absolute Gasteiger partial charge is 0.316 e. The highest BCUT2D eigenvalue weighted by Crippen LogP contribution is 2.21. The largest absolute Gasteiger partial charge is 0.481 e. The Bertz CT molecular complexity index is 826. The van der Waals surface area contributed by atoms with Gasteiger partial charge in [-0.25, -0.2) is 4.68 Å². The molecule has 0 radical (unpaired) electrons. The molecule has 1 unspecified atom stereocenters. The zero-order chi connectivity index (χ0) is 16.2. The second-order valence-corrected chi connectivity index (χ2v) is 6.41. The molecule has 0 saturated carbocycles. The third-order valence-corrected chi connectivity index (χ3v) is 4.47. The van der Waals surface area contributed by atoms with E-state index in [2.05, 4.69) is 5.10 Å². The van der Waals surface area contributed by atoms with Crippen molar-refractivity contribution in [3.8, 4) is 11.5 Å². The van der Waals surface area contributed by atoms with Gasteiger partial charge in [0.05, 0.1) is 17.6 Å². The SMILES string of the molecule is O=C(O)CS(=O)Cc1cnn(-c2ccccc2)c1-n1cccc1. The lowest BCUT2D eigenvalue weighted by atomic mass is 10.3. The Morgan fingerprint density at radius 1 is 1.13 bits per heavy atom. The maximum atomic E-state index is 12.0. The first-order chi connectivity index (χ1) is 11.1. The molecule has 1 aromatic carbocycles. The molecule has 0 bridgehead atoms. The van der Waals surface area contributed by atoms with Crippen LogP contribution in [0.3, 0.4) is 0 Å². The van der Waals surface area contributed by atoms with Crippen LogP contribution in [-0.4, -0.2) is 35.4 Å². The number of aliphatic carboxylic acids is 1. The summed E-state index contributed by atoms with van der Waals surface area (Å²) in [6.45, 7) is 0. The van der Waals surface area contributed by atoms with Crippen molar-refractivity contribution in [3.05, 3.63) is 66.6 Å². The van der Waals surface area contributed by atoms with Crippen LogP contribution < -0.4 is 0 Å². The minimum Gasteiger partial charge on any atom is -0.481 e. The Hall–Kier alpha value is -2.67. The maximum absolute atomic E-state index is 12.0. The fraction of sp³-hybridized carbons (Fsp3) is 0.125. The number of hydrogen-bond acceptors (Lipinski definition) is 3. The van der Waals surface area contributed by atoms with E-state index in [0.717, 1.165) is 17.1 Å². The molecule has 6 nitrogen and oxygen atoms in total. The maximum Gasteiger partial charge on any atom is 0.316 e. The lowest BCUT2D eigenvalue weighted by molar-refractivity contribution is -0.133. The first kappa shape index (κ1) is 15.2. The predicted molar refractivity (Wildman–Crippen MR) is 87.2 cm³/mol. The van der Waals surface area contributed by atoms with Crippen LogP contribution in [0.2, 0.25) is 0 Å². The molecule has 3 aromatic rings. The molecule has 0 fully saturated rings. The van der Waals surface area contributed by atoms with Crippen molar-refractivity contribution >= 4 is 16.8 Å². The first-order valence-electron chi connectivity index (χ1n) is 6.97. The van der Waals surface area contributed by atoms with E-state index < -0.39 is 16.8 Å². The molecule has 0 spiro atoms. The number of carboxylic acids is 1. The van der Waals surface area contributed by atoms with Crippen LogP contribution >= 0.6 is 0 Å². The summed E-state index contributed by atoms with van der Waals surface area (Å²) in [5, 5.41) is 13.2. The Kier molecular flexibility index (Phi) is 4.38. The summed E-state index contributed by atoms with van der Waals surface area (Å²) in [4.78, 5) is 10.7. The van der Waals surface area contributed by atoms with Crippen LogP contribution in [0.4, 0.5) is 0 Å². The van der Waals surface area contributed by atoms with Crippen LogP contribution in [0.25, 0.3) is 11.5 Å². The highest BCUT2D eigenvalue weighted by molar-refractivity contribution is 7.84. The second kappa shape index (κ2) is 6.62. The highest BCUT2D eigenvalue weighted by Gasteiger charge is 2.17. The van der Waals surface area contributed by atoms with Crippen molar-refractivity contribution in [2.75, 3.05) is 5.75 Å². The van der Waals surface area contributed by atoms with Crippen molar-refractivity contribution in [1.29, 1.82) is 0 Å². The molecule has 7 heteroatoms. The average molecular weight is 329 g/mol. The summed E-state index contributed by atoms with van der Waals surface area (Å²) >= 11 is 0. The van der Waals surface area contributed by atoms with E-state index >= 15 is 0 Å². The second-order valence-electron chi connectivity index (χ2n) is 4.95. The molecule has 2 aromatic heterocycles. The molecule has 1 atom stereocenters. The summed E-state index contributed by atoms with van der Waals surface area (Å²) in [7, 11) is -1.48. The third-order valence-electron chi connectivity index (χ3n) is 3.27. The van der Waals surface area contributed by atoms with Gasteiger partial charge in [0.1, 0.15) is 11.6 Å². The number of nitrogens with zero attached hydrogens (tertiary/aromatic N) is 3. The van der Waals surface area contributed by atoms with Gasteiger partial charge in [-0.15, -0.1) is 0 Å². The van der Waals surface area contributed by atoms with Crippen LogP contribution in [-0.2, 0) is 21.3 Å². The summed E-state index contributed by atoms with van der Waals surface area (Å²) in [5.41, 5.74) is 1.62. The minimum absolute atomic E-state index is 0.145. The molecule has 0 aliphatic rings. The normalized spacial score (nSPS) is 12.2. The van der Waals surface area contributed by atoms with E-state index in [-0.39, 0.29) is 11.5 Å². The molecule has 0 aliphatic carbocycles. The fourth-order valence-electron chi connectivity index (χ4n) is 2.35. The summed E-state index contributed by atoms with van der Waals surface area (Å²) in [5.74, 6) is -0.532. The van der Waals surface area contributed by atoms with Gasteiger partial charge in [-0.1, -0.05) is 18.2 Å². The van der Waals surface area contributed by atoms with Crippen LogP contribution in [0.5, 0.6) is 0 Å². The molecule has 0 aliphatic heterocycles. The van der Waals surface area contributed by atoms with Crippen molar-refractivity contribution < 1.29 is 14.1 Å². The van der Waals surface area contributed by atoms with Gasteiger partial charge in [0, 0.05) is 28.8 Å². The molecule has 0 saturated heterocycles. The van der Waals surface area contributed by atoms with Crippen molar-refractivity contribution in [3.63, 3.8) is 0 Å². The number of benzene rings is 1. The molecule has 0 amide bonds. The molecule has 2 heterocycles. The molecule has 3 rings (SSSR count). The summed E-state index contributed by atoms with van der Waals surface area (Å²) in [6, 6.07) is 13.4. The van der Waals surface area contributed by atoms with Gasteiger partial charge in [0.15, 0.2) is 0 Å². The lowest BCUT2D eigenvalue weighted by Gasteiger charge is -2.10. The van der Waals surface area contributed by atoms with Gasteiger partial charge < -0.3 is 9.67 Å². The van der Waals surface area contributed by atoms with Crippen LogP contribution in [0, 0.1) is 0 Å². The standard InChI is InChI=1S/C16H15N3O3S/c20-15(21)12-23(22)11-13-10-17-19(14-6-2-1-3-7-14)16(13)18-8-4-5-9-18/h1-10H,11-12H2,(H,20,21). The Morgan fingerprint density at radius 2 is 1.83 bits per heavy atom. The topological polar surface area (TPSA) is 77.1 Å². The van der Waals surface area contributed by atoms with Gasteiger partial charge in [0.2, 0.25) is 0 Å². The molecule has 23 heavy (non-hydrogen) atoms. The average Bonchev–Trinajstić information content (AvgIpc) is 3.16. The van der Waals surface area contributed by atoms with E-state index in [9.17, 15) is 9.00 Å². The Morgan fingerprint density at radius 3 is 2.48 bits per heavy atom. The van der Waals surface area contributed by atoms with Crippen LogP contribution in [0.1, 0.15) is 5.56 Å². The van der Waals surface area contributed by atoms with Crippen molar-refractivity contribution in [2.24, 2.45) is 0 Å². The van der Waals surface area contributed by atoms with E-state index in [1.807, 2.05) is 59.4 Å². The zero-order valence-electron chi connectivity index (χ0n) is 12.2. The number of aromatic nitrogens is 3. The lowest BCUT2D eigenvalue weighted by Crippen LogP contribution is -2.12. The van der Waals surface area contributed by atoms with Gasteiger partial charge in [-0.05, 0) is 24.3 Å². The first-order valence-corrected chi connectivity index (χ1v) is 8.46. The molecular weight excluding hydrogens is 314 g/mol. The molecule has 1 N–H and O–H groups in total. The van der Waals surface area contributed by atoms with Gasteiger partial charge in [0.25, 0.3) is 0 Å². The Balaban J connectivity index is 2.02. The van der Waals surface area contributed by atoms with E-state index in [0.29, 0.717) is 0 Å². The van der Waals surface area contributed by atoms with E-state index in [1.54, 1.807) is 10.9 Å². The van der Waals surface area contributed by atoms with Crippen molar-refractivity contribution in [1.82, 2.24) is 14.3 Å². The number of para-hydroxylation sites is 1. The van der Waals surface area contributed by atoms with Gasteiger partial charge >= 0.3 is 5.97 Å². The molecule has 118 valence electrons. The fourth-order valence-corrected chi connectivity index (χ4v) is 3.28. The number of carboxylic acid groups (broad SMARTS) is 1. The minimum atomic E-state index is -1.48. The highest BCUT2D eigenvalue weighted by atomic mass is 32.2. The predicted octanol–water partition coefficient (Wildman–Crippen LogP) is 2.00. The Labute approximate surface area is 135 Å². The number of carbonyl (C=O) groups is 1. The van der Waals surface area contributed by atoms with Crippen LogP contribution in [0.15, 0.2) is 61.1 Å². The monoisotopic (exact) mass is 329 g/mol. The third kappa shape index (κ3) is 3.40. The summed E-state index contributed by atoms with van der Waals surface area (Å²) < 4.78 is 15.6. The molecular formula is C16H15N3O3S. The van der Waals surface area contributed by atoms with E-state index in [1.165, 1.54) is 0 Å². The zero-order valence-corrected chi connectivity index (χ0v) is 13.0. The van der Waals surface area contributed by atoms with E-state index in [4.69, 9.17) is 5.11 Å². The summed E-state index contributed by atoms with van der Waals surface area (Å²) in [6.07, 6.45) is 5.39.